The van der Waals surface area contributed by atoms with Crippen LogP contribution < -0.4 is 5.32 Å². The molecule has 6 heteroatoms. The van der Waals surface area contributed by atoms with Crippen LogP contribution in [0.1, 0.15) is 43.0 Å². The van der Waals surface area contributed by atoms with E-state index in [1.165, 1.54) is 0 Å². The fraction of sp³-hybridized carbons (Fsp3) is 0.667. The lowest BCUT2D eigenvalue weighted by Gasteiger charge is -2.37. The van der Waals surface area contributed by atoms with Crippen molar-refractivity contribution in [1.82, 2.24) is 19.8 Å². The highest BCUT2D eigenvalue weighted by Gasteiger charge is 2.27. The number of hydrogen-bond donors (Lipinski definition) is 1. The normalized spacial score (nSPS) is 19.9. The van der Waals surface area contributed by atoms with Crippen LogP contribution >= 0.6 is 0 Å². The van der Waals surface area contributed by atoms with Gasteiger partial charge in [0.05, 0.1) is 11.9 Å². The van der Waals surface area contributed by atoms with Crippen molar-refractivity contribution in [1.29, 1.82) is 0 Å². The van der Waals surface area contributed by atoms with Crippen LogP contribution in [-0.4, -0.2) is 65.4 Å². The Kier molecular flexibility index (Phi) is 4.77. The minimum atomic E-state index is -0.0106. The van der Waals surface area contributed by atoms with Gasteiger partial charge in [0.15, 0.2) is 5.69 Å². The molecule has 0 saturated carbocycles. The summed E-state index contributed by atoms with van der Waals surface area (Å²) in [4.78, 5) is 25.7. The largest absolute Gasteiger partial charge is 0.385 e. The van der Waals surface area contributed by atoms with E-state index < -0.39 is 0 Å². The predicted octanol–water partition coefficient (Wildman–Crippen LogP) is 1.42. The minimum absolute atomic E-state index is 0.0106. The summed E-state index contributed by atoms with van der Waals surface area (Å²) in [6.07, 6.45) is 1.70. The lowest BCUT2D eigenvalue weighted by Crippen LogP contribution is -2.52. The molecule has 0 radical (unpaired) electrons. The summed E-state index contributed by atoms with van der Waals surface area (Å²) >= 11 is 0. The predicted molar refractivity (Wildman–Crippen MR) is 83.7 cm³/mol. The third kappa shape index (κ3) is 3.32. The zero-order valence-corrected chi connectivity index (χ0v) is 13.6. The second-order valence-electron chi connectivity index (χ2n) is 5.98. The Balaban J connectivity index is 2.27. The fourth-order valence-electron chi connectivity index (χ4n) is 2.40. The first-order valence-corrected chi connectivity index (χ1v) is 7.48. The van der Waals surface area contributed by atoms with Crippen LogP contribution in [0.4, 0.5) is 5.69 Å². The molecule has 0 aromatic carbocycles. The number of carbonyl (C=O) groups excluding carboxylic acids is 1. The summed E-state index contributed by atoms with van der Waals surface area (Å²) in [7, 11) is 3.88. The lowest BCUT2D eigenvalue weighted by atomic mass is 10.1. The standard InChI is InChI=1S/C15H25N5O/c1-10(2)14-17-8-12(16-4)13(18-14)15(21)20-7-6-19(5)11(3)9-20/h8,10-11,16H,6-7,9H2,1-5H3. The summed E-state index contributed by atoms with van der Waals surface area (Å²) in [6.45, 7) is 8.56. The first-order chi connectivity index (χ1) is 9.93. The molecule has 1 aromatic rings. The molecule has 6 nitrogen and oxygen atoms in total. The molecule has 1 fully saturated rings. The number of piperazine rings is 1. The van der Waals surface area contributed by atoms with Gasteiger partial charge in [-0.05, 0) is 14.0 Å². The summed E-state index contributed by atoms with van der Waals surface area (Å²) in [5.41, 5.74) is 1.17. The van der Waals surface area contributed by atoms with Crippen LogP contribution in [-0.2, 0) is 0 Å². The van der Waals surface area contributed by atoms with Gasteiger partial charge in [-0.3, -0.25) is 4.79 Å². The van der Waals surface area contributed by atoms with Gasteiger partial charge in [-0.15, -0.1) is 0 Å². The molecule has 0 aliphatic carbocycles. The van der Waals surface area contributed by atoms with Crippen molar-refractivity contribution in [3.05, 3.63) is 17.7 Å². The number of nitrogens with zero attached hydrogens (tertiary/aromatic N) is 4. The summed E-state index contributed by atoms with van der Waals surface area (Å²) in [6, 6.07) is 0.368. The molecule has 1 N–H and O–H groups in total. The third-order valence-corrected chi connectivity index (χ3v) is 4.04. The summed E-state index contributed by atoms with van der Waals surface area (Å²) in [5, 5.41) is 3.02. The van der Waals surface area contributed by atoms with Crippen molar-refractivity contribution >= 4 is 11.6 Å². The molecule has 0 bridgehead atoms. The molecule has 1 unspecified atom stereocenters. The highest BCUT2D eigenvalue weighted by molar-refractivity contribution is 5.97. The molecule has 116 valence electrons. The average molecular weight is 291 g/mol. The minimum Gasteiger partial charge on any atom is -0.385 e. The monoisotopic (exact) mass is 291 g/mol. The molecular weight excluding hydrogens is 266 g/mol. The van der Waals surface area contributed by atoms with E-state index in [0.717, 1.165) is 19.6 Å². The van der Waals surface area contributed by atoms with Gasteiger partial charge >= 0.3 is 0 Å². The second-order valence-corrected chi connectivity index (χ2v) is 5.98. The number of rotatable bonds is 3. The smallest absolute Gasteiger partial charge is 0.274 e. The first-order valence-electron chi connectivity index (χ1n) is 7.48. The Morgan fingerprint density at radius 1 is 1.43 bits per heavy atom. The maximum absolute atomic E-state index is 12.8. The molecule has 0 spiro atoms. The molecule has 2 heterocycles. The SMILES string of the molecule is CNc1cnc(C(C)C)nc1C(=O)N1CCN(C)C(C)C1. The van der Waals surface area contributed by atoms with E-state index in [1.807, 2.05) is 18.7 Å². The van der Waals surface area contributed by atoms with E-state index >= 15 is 0 Å². The van der Waals surface area contributed by atoms with Gasteiger partial charge in [-0.25, -0.2) is 9.97 Å². The van der Waals surface area contributed by atoms with Crippen LogP contribution in [0.25, 0.3) is 0 Å². The van der Waals surface area contributed by atoms with E-state index in [4.69, 9.17) is 0 Å². The zero-order chi connectivity index (χ0) is 15.6. The maximum Gasteiger partial charge on any atom is 0.274 e. The highest BCUT2D eigenvalue weighted by atomic mass is 16.2. The van der Waals surface area contributed by atoms with Crippen molar-refractivity contribution in [2.24, 2.45) is 0 Å². The number of anilines is 1. The molecule has 2 rings (SSSR count). The van der Waals surface area contributed by atoms with Crippen molar-refractivity contribution in [3.63, 3.8) is 0 Å². The number of amides is 1. The number of likely N-dealkylation sites (N-methyl/N-ethyl adjacent to an activating group) is 1. The Morgan fingerprint density at radius 3 is 2.71 bits per heavy atom. The summed E-state index contributed by atoms with van der Waals surface area (Å²) in [5.74, 6) is 0.900. The Morgan fingerprint density at radius 2 is 2.14 bits per heavy atom. The molecule has 21 heavy (non-hydrogen) atoms. The van der Waals surface area contributed by atoms with Gasteiger partial charge in [-0.2, -0.15) is 0 Å². The number of carbonyl (C=O) groups is 1. The Bertz CT molecular complexity index is 517. The number of nitrogens with one attached hydrogen (secondary N) is 1. The molecular formula is C15H25N5O. The van der Waals surface area contributed by atoms with Crippen molar-refractivity contribution in [3.8, 4) is 0 Å². The topological polar surface area (TPSA) is 61.4 Å². The van der Waals surface area contributed by atoms with Gasteiger partial charge in [0, 0.05) is 38.6 Å². The van der Waals surface area contributed by atoms with Gasteiger partial charge in [-0.1, -0.05) is 13.8 Å². The van der Waals surface area contributed by atoms with E-state index in [0.29, 0.717) is 23.2 Å². The van der Waals surface area contributed by atoms with Gasteiger partial charge < -0.3 is 15.1 Å². The first kappa shape index (κ1) is 15.7. The maximum atomic E-state index is 12.8. The second kappa shape index (κ2) is 6.39. The van der Waals surface area contributed by atoms with Crippen LogP contribution in [0, 0.1) is 0 Å². The molecule has 1 aromatic heterocycles. The lowest BCUT2D eigenvalue weighted by molar-refractivity contribution is 0.0567. The van der Waals surface area contributed by atoms with Gasteiger partial charge in [0.2, 0.25) is 0 Å². The quantitative estimate of drug-likeness (QED) is 0.912. The third-order valence-electron chi connectivity index (χ3n) is 4.04. The van der Waals surface area contributed by atoms with E-state index in [-0.39, 0.29) is 11.8 Å². The van der Waals surface area contributed by atoms with Crippen LogP contribution in [0.5, 0.6) is 0 Å². The van der Waals surface area contributed by atoms with Crippen LogP contribution in [0.3, 0.4) is 0 Å². The zero-order valence-electron chi connectivity index (χ0n) is 13.6. The number of aromatic nitrogens is 2. The van der Waals surface area contributed by atoms with Crippen LogP contribution in [0.2, 0.25) is 0 Å². The van der Waals surface area contributed by atoms with Crippen molar-refractivity contribution in [2.45, 2.75) is 32.7 Å². The van der Waals surface area contributed by atoms with Gasteiger partial charge in [0.1, 0.15) is 5.82 Å². The molecule has 1 atom stereocenters. The van der Waals surface area contributed by atoms with Crippen molar-refractivity contribution in [2.75, 3.05) is 39.0 Å². The number of hydrogen-bond acceptors (Lipinski definition) is 5. The van der Waals surface area contributed by atoms with E-state index in [2.05, 4.69) is 34.2 Å². The molecule has 1 amide bonds. The van der Waals surface area contributed by atoms with E-state index in [9.17, 15) is 4.79 Å². The molecule has 1 aliphatic heterocycles. The van der Waals surface area contributed by atoms with E-state index in [1.54, 1.807) is 13.2 Å². The Labute approximate surface area is 126 Å². The Hall–Kier alpha value is -1.69. The molecule has 1 saturated heterocycles. The van der Waals surface area contributed by atoms with Crippen molar-refractivity contribution < 1.29 is 4.79 Å². The summed E-state index contributed by atoms with van der Waals surface area (Å²) < 4.78 is 0. The van der Waals surface area contributed by atoms with Gasteiger partial charge in [0.25, 0.3) is 5.91 Å². The average Bonchev–Trinajstić information content (AvgIpc) is 2.48. The highest BCUT2D eigenvalue weighted by Crippen LogP contribution is 2.19. The fourth-order valence-corrected chi connectivity index (χ4v) is 2.40. The molecule has 1 aliphatic rings. The van der Waals surface area contributed by atoms with Crippen LogP contribution in [0.15, 0.2) is 6.20 Å².